The summed E-state index contributed by atoms with van der Waals surface area (Å²) in [5.41, 5.74) is 2.84. The van der Waals surface area contributed by atoms with Crippen LogP contribution in [0.1, 0.15) is 26.2 Å². The average Bonchev–Trinajstić information content (AvgIpc) is 2.71. The molecule has 1 heterocycles. The molecule has 2 rings (SSSR count). The van der Waals surface area contributed by atoms with E-state index in [2.05, 4.69) is 36.1 Å². The van der Waals surface area contributed by atoms with Crippen LogP contribution in [0.2, 0.25) is 0 Å². The van der Waals surface area contributed by atoms with Gasteiger partial charge in [-0.3, -0.25) is 0 Å². The van der Waals surface area contributed by atoms with Gasteiger partial charge >= 0.3 is 0 Å². The summed E-state index contributed by atoms with van der Waals surface area (Å²) in [5.74, 6) is 0. The minimum absolute atomic E-state index is 1.25. The van der Waals surface area contributed by atoms with Gasteiger partial charge in [-0.15, -0.1) is 0 Å². The van der Waals surface area contributed by atoms with Gasteiger partial charge in [0.2, 0.25) is 0 Å². The van der Waals surface area contributed by atoms with Gasteiger partial charge in [0.1, 0.15) is 0 Å². The van der Waals surface area contributed by atoms with Crippen molar-refractivity contribution in [3.8, 4) is 0 Å². The summed E-state index contributed by atoms with van der Waals surface area (Å²) in [4.78, 5) is 2.51. The van der Waals surface area contributed by atoms with E-state index in [4.69, 9.17) is 0 Å². The van der Waals surface area contributed by atoms with E-state index in [1.54, 1.807) is 0 Å². The van der Waals surface area contributed by atoms with E-state index in [0.29, 0.717) is 0 Å². The molecule has 2 aliphatic rings. The van der Waals surface area contributed by atoms with Crippen LogP contribution in [0.4, 0.5) is 0 Å². The van der Waals surface area contributed by atoms with Gasteiger partial charge in [-0.25, -0.2) is 0 Å². The van der Waals surface area contributed by atoms with Crippen molar-refractivity contribution in [1.82, 2.24) is 4.90 Å². The molecule has 13 heavy (non-hydrogen) atoms. The van der Waals surface area contributed by atoms with Crippen LogP contribution < -0.4 is 0 Å². The molecule has 70 valence electrons. The molecular weight excluding hydrogens is 158 g/mol. The van der Waals surface area contributed by atoms with Gasteiger partial charge in [-0.2, -0.15) is 0 Å². The van der Waals surface area contributed by atoms with E-state index < -0.39 is 0 Å². The van der Waals surface area contributed by atoms with Crippen LogP contribution in [0.15, 0.2) is 35.6 Å². The van der Waals surface area contributed by atoms with Crippen LogP contribution in [0, 0.1) is 0 Å². The molecule has 0 N–H and O–H groups in total. The molecule has 1 aliphatic heterocycles. The molecule has 0 radical (unpaired) electrons. The van der Waals surface area contributed by atoms with E-state index in [-0.39, 0.29) is 0 Å². The Bertz CT molecular complexity index is 251. The Kier molecular flexibility index (Phi) is 2.53. The Hall–Kier alpha value is -0.980. The van der Waals surface area contributed by atoms with Crippen LogP contribution in [-0.4, -0.2) is 18.0 Å². The highest BCUT2D eigenvalue weighted by atomic mass is 15.1. The summed E-state index contributed by atoms with van der Waals surface area (Å²) < 4.78 is 0. The lowest BCUT2D eigenvalue weighted by molar-refractivity contribution is 0.285. The highest BCUT2D eigenvalue weighted by Gasteiger charge is 2.12. The molecule has 1 fully saturated rings. The third-order valence-corrected chi connectivity index (χ3v) is 2.91. The van der Waals surface area contributed by atoms with Crippen molar-refractivity contribution in [2.24, 2.45) is 0 Å². The predicted molar refractivity (Wildman–Crippen MR) is 56.4 cm³/mol. The smallest absolute Gasteiger partial charge is 0.0175 e. The van der Waals surface area contributed by atoms with Gasteiger partial charge in [-0.1, -0.05) is 24.3 Å². The highest BCUT2D eigenvalue weighted by Crippen LogP contribution is 2.20. The quantitative estimate of drug-likeness (QED) is 0.592. The summed E-state index contributed by atoms with van der Waals surface area (Å²) in [6.45, 7) is 4.73. The van der Waals surface area contributed by atoms with Gasteiger partial charge < -0.3 is 4.90 Å². The molecule has 0 aromatic carbocycles. The Morgan fingerprint density at radius 3 is 2.31 bits per heavy atom. The molecular formula is C12H17N. The number of nitrogens with zero attached hydrogens (tertiary/aromatic N) is 1. The second-order valence-corrected chi connectivity index (χ2v) is 3.81. The van der Waals surface area contributed by atoms with Crippen molar-refractivity contribution in [3.05, 3.63) is 35.6 Å². The molecule has 0 aromatic heterocycles. The number of hydrogen-bond acceptors (Lipinski definition) is 1. The lowest BCUT2D eigenvalue weighted by atomic mass is 10.1. The molecule has 1 aliphatic carbocycles. The molecule has 1 saturated heterocycles. The molecule has 0 amide bonds. The Morgan fingerprint density at radius 1 is 1.08 bits per heavy atom. The Morgan fingerprint density at radius 2 is 1.69 bits per heavy atom. The SMILES string of the molecule is CC(=C1C=CC=C1)N1CCCCC1. The zero-order chi connectivity index (χ0) is 9.10. The van der Waals surface area contributed by atoms with Gasteiger partial charge in [-0.05, 0) is 31.8 Å². The van der Waals surface area contributed by atoms with Crippen molar-refractivity contribution >= 4 is 0 Å². The van der Waals surface area contributed by atoms with Crippen LogP contribution in [0.5, 0.6) is 0 Å². The van der Waals surface area contributed by atoms with Crippen LogP contribution in [-0.2, 0) is 0 Å². The van der Waals surface area contributed by atoms with E-state index in [1.807, 2.05) is 0 Å². The lowest BCUT2D eigenvalue weighted by Crippen LogP contribution is -2.28. The van der Waals surface area contributed by atoms with Crippen molar-refractivity contribution < 1.29 is 0 Å². The second-order valence-electron chi connectivity index (χ2n) is 3.81. The third-order valence-electron chi connectivity index (χ3n) is 2.91. The summed E-state index contributed by atoms with van der Waals surface area (Å²) in [6.07, 6.45) is 12.8. The summed E-state index contributed by atoms with van der Waals surface area (Å²) in [5, 5.41) is 0. The summed E-state index contributed by atoms with van der Waals surface area (Å²) in [7, 11) is 0. The topological polar surface area (TPSA) is 3.24 Å². The lowest BCUT2D eigenvalue weighted by Gasteiger charge is -2.30. The first kappa shape index (κ1) is 8.61. The van der Waals surface area contributed by atoms with Gasteiger partial charge in [0, 0.05) is 18.8 Å². The largest absolute Gasteiger partial charge is 0.375 e. The zero-order valence-electron chi connectivity index (χ0n) is 8.29. The second kappa shape index (κ2) is 3.82. The molecule has 0 bridgehead atoms. The minimum Gasteiger partial charge on any atom is -0.375 e. The van der Waals surface area contributed by atoms with Gasteiger partial charge in [0.05, 0.1) is 0 Å². The van der Waals surface area contributed by atoms with Crippen molar-refractivity contribution in [1.29, 1.82) is 0 Å². The Balaban J connectivity index is 2.10. The average molecular weight is 175 g/mol. The molecule has 0 atom stereocenters. The fraction of sp³-hybridized carbons (Fsp3) is 0.500. The maximum Gasteiger partial charge on any atom is 0.0175 e. The zero-order valence-corrected chi connectivity index (χ0v) is 8.29. The minimum atomic E-state index is 1.25. The van der Waals surface area contributed by atoms with E-state index in [0.717, 1.165) is 0 Å². The summed E-state index contributed by atoms with van der Waals surface area (Å²) in [6, 6.07) is 0. The number of likely N-dealkylation sites (tertiary alicyclic amines) is 1. The Labute approximate surface area is 80.4 Å². The van der Waals surface area contributed by atoms with Crippen molar-refractivity contribution in [2.75, 3.05) is 13.1 Å². The first-order chi connectivity index (χ1) is 6.38. The number of piperidine rings is 1. The number of allylic oxidation sites excluding steroid dienone is 6. The van der Waals surface area contributed by atoms with E-state index in [1.165, 1.54) is 43.6 Å². The maximum absolute atomic E-state index is 2.51. The van der Waals surface area contributed by atoms with Gasteiger partial charge in [0.15, 0.2) is 0 Å². The first-order valence-corrected chi connectivity index (χ1v) is 5.18. The fourth-order valence-corrected chi connectivity index (χ4v) is 2.03. The molecule has 1 heteroatoms. The fourth-order valence-electron chi connectivity index (χ4n) is 2.03. The predicted octanol–water partition coefficient (Wildman–Crippen LogP) is 2.87. The monoisotopic (exact) mass is 175 g/mol. The molecule has 0 aromatic rings. The van der Waals surface area contributed by atoms with Crippen LogP contribution in [0.3, 0.4) is 0 Å². The maximum atomic E-state index is 2.51. The number of rotatable bonds is 1. The van der Waals surface area contributed by atoms with Gasteiger partial charge in [0.25, 0.3) is 0 Å². The standard InChI is InChI=1S/C12H17N/c1-11(12-7-3-4-8-12)13-9-5-2-6-10-13/h3-4,7-8H,2,5-6,9-10H2,1H3. The normalized spacial score (nSPS) is 21.3. The number of hydrogen-bond donors (Lipinski definition) is 0. The first-order valence-electron chi connectivity index (χ1n) is 5.18. The van der Waals surface area contributed by atoms with Crippen molar-refractivity contribution in [2.45, 2.75) is 26.2 Å². The van der Waals surface area contributed by atoms with Crippen molar-refractivity contribution in [3.63, 3.8) is 0 Å². The molecule has 0 saturated carbocycles. The molecule has 0 spiro atoms. The van der Waals surface area contributed by atoms with E-state index >= 15 is 0 Å². The van der Waals surface area contributed by atoms with Crippen LogP contribution in [0.25, 0.3) is 0 Å². The summed E-state index contributed by atoms with van der Waals surface area (Å²) >= 11 is 0. The third kappa shape index (κ3) is 1.85. The van der Waals surface area contributed by atoms with Crippen LogP contribution >= 0.6 is 0 Å². The highest BCUT2D eigenvalue weighted by molar-refractivity contribution is 5.42. The molecule has 0 unspecified atom stereocenters. The van der Waals surface area contributed by atoms with E-state index in [9.17, 15) is 0 Å². The molecule has 1 nitrogen and oxygen atoms in total.